The first-order chi connectivity index (χ1) is 35.6. The zero-order chi connectivity index (χ0) is 50.9. The van der Waals surface area contributed by atoms with Crippen molar-refractivity contribution in [2.45, 2.75) is 81.5 Å². The Morgan fingerprint density at radius 1 is 0.384 bits per heavy atom. The molecule has 0 amide bonds. The highest BCUT2D eigenvalue weighted by molar-refractivity contribution is 5.91. The van der Waals surface area contributed by atoms with Crippen LogP contribution >= 0.6 is 0 Å². The normalized spacial score (nSPS) is 23.5. The predicted molar refractivity (Wildman–Crippen MR) is 260 cm³/mol. The van der Waals surface area contributed by atoms with Crippen LogP contribution in [0, 0.1) is 0 Å². The van der Waals surface area contributed by atoms with Gasteiger partial charge in [-0.05, 0) is 59.7 Å². The first-order valence-corrected chi connectivity index (χ1v) is 23.6. The summed E-state index contributed by atoms with van der Waals surface area (Å²) < 4.78 is 69.0. The molecule has 16 nitrogen and oxygen atoms in total. The van der Waals surface area contributed by atoms with E-state index in [0.717, 1.165) is 11.1 Å². The van der Waals surface area contributed by atoms with Crippen LogP contribution in [0.2, 0.25) is 0 Å². The van der Waals surface area contributed by atoms with Gasteiger partial charge in [0.1, 0.15) is 31.0 Å². The molecule has 0 radical (unpaired) electrons. The zero-order valence-electron chi connectivity index (χ0n) is 40.0. The maximum absolute atomic E-state index is 14.1. The van der Waals surface area contributed by atoms with Crippen LogP contribution < -0.4 is 0 Å². The molecule has 2 aliphatic rings. The topological polar surface area (TPSA) is 187 Å². The van der Waals surface area contributed by atoms with E-state index in [1.165, 1.54) is 50.4 Å². The minimum atomic E-state index is -1.60. The van der Waals surface area contributed by atoms with Gasteiger partial charge in [0.25, 0.3) is 0 Å². The van der Waals surface area contributed by atoms with E-state index >= 15 is 0 Å². The van der Waals surface area contributed by atoms with Crippen LogP contribution in [0.15, 0.2) is 182 Å². The first-order valence-electron chi connectivity index (χ1n) is 23.6. The van der Waals surface area contributed by atoms with Gasteiger partial charge in [-0.25, -0.2) is 19.2 Å². The van der Waals surface area contributed by atoms with Crippen molar-refractivity contribution >= 4 is 29.8 Å². The molecule has 6 aromatic carbocycles. The highest BCUT2D eigenvalue weighted by Crippen LogP contribution is 2.35. The molecule has 10 atom stereocenters. The van der Waals surface area contributed by atoms with Crippen LogP contribution in [-0.2, 0) is 70.1 Å². The van der Waals surface area contributed by atoms with Crippen molar-refractivity contribution in [1.29, 1.82) is 0 Å². The summed E-state index contributed by atoms with van der Waals surface area (Å²) in [6, 6.07) is 51.2. The molecule has 2 fully saturated rings. The quantitative estimate of drug-likeness (QED) is 0.0534. The molecule has 0 saturated carbocycles. The number of carbonyl (C=O) groups is 5. The van der Waals surface area contributed by atoms with Gasteiger partial charge in [-0.2, -0.15) is 0 Å². The van der Waals surface area contributed by atoms with Crippen molar-refractivity contribution in [3.63, 3.8) is 0 Å². The molecule has 0 aliphatic carbocycles. The molecular formula is C57H54O16. The van der Waals surface area contributed by atoms with Gasteiger partial charge in [-0.3, -0.25) is 4.79 Å². The van der Waals surface area contributed by atoms with Gasteiger partial charge in [-0.15, -0.1) is 0 Å². The van der Waals surface area contributed by atoms with E-state index in [0.29, 0.717) is 0 Å². The van der Waals surface area contributed by atoms with E-state index in [-0.39, 0.29) is 42.1 Å². The molecular weight excluding hydrogens is 941 g/mol. The number of methoxy groups -OCH3 is 1. The van der Waals surface area contributed by atoms with Gasteiger partial charge in [0.05, 0.1) is 42.1 Å². The molecule has 0 spiro atoms. The van der Waals surface area contributed by atoms with Crippen LogP contribution in [0.3, 0.4) is 0 Å². The maximum Gasteiger partial charge on any atom is 0.338 e. The van der Waals surface area contributed by atoms with Crippen LogP contribution in [0.4, 0.5) is 0 Å². The first kappa shape index (κ1) is 51.8. The van der Waals surface area contributed by atoms with E-state index < -0.39 is 97.9 Å². The fourth-order valence-electron chi connectivity index (χ4n) is 8.29. The Morgan fingerprint density at radius 2 is 0.753 bits per heavy atom. The molecule has 16 heteroatoms. The number of esters is 5. The summed E-state index contributed by atoms with van der Waals surface area (Å²) >= 11 is 0. The molecule has 73 heavy (non-hydrogen) atoms. The van der Waals surface area contributed by atoms with E-state index in [2.05, 4.69) is 0 Å². The molecule has 0 unspecified atom stereocenters. The van der Waals surface area contributed by atoms with Crippen molar-refractivity contribution in [1.82, 2.24) is 0 Å². The molecule has 0 bridgehead atoms. The third-order valence-electron chi connectivity index (χ3n) is 11.9. The third kappa shape index (κ3) is 13.9. The molecule has 2 aliphatic heterocycles. The smallest absolute Gasteiger partial charge is 0.338 e. The molecule has 8 rings (SSSR count). The second-order valence-corrected chi connectivity index (χ2v) is 16.9. The van der Waals surface area contributed by atoms with Crippen LogP contribution in [0.25, 0.3) is 0 Å². The minimum Gasteiger partial charge on any atom is -0.459 e. The standard InChI is InChI=1S/C57H54O16/c1-37(58)68-50-48(65-34-39-23-11-4-12-24-39)46(64-33-38-21-9-3-10-22-38)44(35-66-52(59)40-25-13-5-14-26-40)70-57(50)67-36-45-47(71-53(60)41-27-15-6-16-28-41)49(72-54(61)42-29-17-7-18-30-42)51(56(63-2)69-45)73-55(62)43-31-19-8-20-32-43/h3-32,44-51,56-57H,33-36H2,1-2H3/t44-,45-,46+,47-,48+,49+,50-,51-,56+,57+/m1/s1. The molecule has 0 N–H and O–H groups in total. The number of hydrogen-bond acceptors (Lipinski definition) is 16. The zero-order valence-corrected chi connectivity index (χ0v) is 40.0. The van der Waals surface area contributed by atoms with Gasteiger partial charge in [0.15, 0.2) is 37.0 Å². The van der Waals surface area contributed by atoms with Crippen molar-refractivity contribution in [2.24, 2.45) is 0 Å². The lowest BCUT2D eigenvalue weighted by Gasteiger charge is -2.47. The molecule has 378 valence electrons. The summed E-state index contributed by atoms with van der Waals surface area (Å²) in [6.07, 6.45) is -13.7. The van der Waals surface area contributed by atoms with Crippen molar-refractivity contribution in [3.8, 4) is 0 Å². The van der Waals surface area contributed by atoms with Crippen LogP contribution in [-0.4, -0.2) is 112 Å². The number of hydrogen-bond donors (Lipinski definition) is 0. The lowest BCUT2D eigenvalue weighted by Crippen LogP contribution is -2.64. The summed E-state index contributed by atoms with van der Waals surface area (Å²) in [5, 5.41) is 0. The lowest BCUT2D eigenvalue weighted by atomic mass is 9.96. The Labute approximate surface area is 421 Å². The largest absolute Gasteiger partial charge is 0.459 e. The molecule has 6 aromatic rings. The van der Waals surface area contributed by atoms with E-state index in [1.54, 1.807) is 84.9 Å². The van der Waals surface area contributed by atoms with Gasteiger partial charge >= 0.3 is 29.8 Å². The Bertz CT molecular complexity index is 2700. The van der Waals surface area contributed by atoms with Crippen molar-refractivity contribution < 1.29 is 76.1 Å². The van der Waals surface area contributed by atoms with Crippen LogP contribution in [0.5, 0.6) is 0 Å². The number of rotatable bonds is 20. The second-order valence-electron chi connectivity index (χ2n) is 16.9. The summed E-state index contributed by atoms with van der Waals surface area (Å²) in [6.45, 7) is 0.386. The summed E-state index contributed by atoms with van der Waals surface area (Å²) in [5.74, 6) is -3.87. The fraction of sp³-hybridized carbons (Fsp3) is 0.281. The van der Waals surface area contributed by atoms with Gasteiger partial charge in [0, 0.05) is 14.0 Å². The Kier molecular flexibility index (Phi) is 18.2. The van der Waals surface area contributed by atoms with Gasteiger partial charge < -0.3 is 52.1 Å². The van der Waals surface area contributed by atoms with Crippen LogP contribution in [0.1, 0.15) is 59.5 Å². The van der Waals surface area contributed by atoms with Crippen molar-refractivity contribution in [2.75, 3.05) is 20.3 Å². The summed E-state index contributed by atoms with van der Waals surface area (Å²) in [7, 11) is 1.30. The number of benzene rings is 6. The summed E-state index contributed by atoms with van der Waals surface area (Å²) in [4.78, 5) is 68.5. The third-order valence-corrected chi connectivity index (χ3v) is 11.9. The second kappa shape index (κ2) is 25.7. The van der Waals surface area contributed by atoms with E-state index in [1.807, 2.05) is 60.7 Å². The molecule has 2 heterocycles. The predicted octanol–water partition coefficient (Wildman–Crippen LogP) is 7.74. The minimum absolute atomic E-state index is 0.0219. The van der Waals surface area contributed by atoms with E-state index in [9.17, 15) is 24.0 Å². The average Bonchev–Trinajstić information content (AvgIpc) is 3.43. The SMILES string of the molecule is CO[C@H]1O[C@H](CO[C@H]2O[C@H](COC(=O)c3ccccc3)[C@H](OCc3ccccc3)[C@H](OCc3ccccc3)[C@H]2OC(C)=O)[C@@H](OC(=O)c2ccccc2)[C@H](OC(=O)c2ccccc2)[C@H]1OC(=O)c1ccccc1. The maximum atomic E-state index is 14.1. The Balaban J connectivity index is 1.16. The van der Waals surface area contributed by atoms with Crippen molar-refractivity contribution in [3.05, 3.63) is 215 Å². The summed E-state index contributed by atoms with van der Waals surface area (Å²) in [5.41, 5.74) is 2.32. The van der Waals surface area contributed by atoms with Gasteiger partial charge in [0.2, 0.25) is 0 Å². The highest BCUT2D eigenvalue weighted by Gasteiger charge is 2.55. The fourth-order valence-corrected chi connectivity index (χ4v) is 8.29. The number of carbonyl (C=O) groups excluding carboxylic acids is 5. The number of ether oxygens (including phenoxy) is 11. The Morgan fingerprint density at radius 3 is 1.21 bits per heavy atom. The van der Waals surface area contributed by atoms with Gasteiger partial charge in [-0.1, -0.05) is 133 Å². The average molecular weight is 995 g/mol. The lowest BCUT2D eigenvalue weighted by molar-refractivity contribution is -0.336. The monoisotopic (exact) mass is 994 g/mol. The Hall–Kier alpha value is -7.57. The molecule has 0 aromatic heterocycles. The molecule has 2 saturated heterocycles. The van der Waals surface area contributed by atoms with E-state index in [4.69, 9.17) is 52.1 Å². The highest BCUT2D eigenvalue weighted by atomic mass is 16.8.